The second kappa shape index (κ2) is 3.54. The summed E-state index contributed by atoms with van der Waals surface area (Å²) in [6.45, 7) is 0.746. The number of hydrogen-bond acceptors (Lipinski definition) is 2. The number of halogens is 1. The summed E-state index contributed by atoms with van der Waals surface area (Å²) in [6, 6.07) is 1.90. The van der Waals surface area contributed by atoms with Gasteiger partial charge in [0, 0.05) is 18.9 Å². The molecule has 0 bridgehead atoms. The zero-order valence-corrected chi connectivity index (χ0v) is 7.23. The van der Waals surface area contributed by atoms with E-state index in [4.69, 9.17) is 0 Å². The first-order chi connectivity index (χ1) is 5.38. The maximum atomic E-state index is 11.1. The first-order valence-corrected chi connectivity index (χ1v) is 3.59. The van der Waals surface area contributed by atoms with Gasteiger partial charge in [-0.15, -0.1) is 12.4 Å². The number of nitrogens with one attached hydrogen (secondary N) is 1. The molecule has 3 nitrogen and oxygen atoms in total. The van der Waals surface area contributed by atoms with Crippen molar-refractivity contribution < 1.29 is 4.79 Å². The van der Waals surface area contributed by atoms with E-state index in [0.29, 0.717) is 0 Å². The minimum Gasteiger partial charge on any atom is -0.352 e. The van der Waals surface area contributed by atoms with Crippen LogP contribution >= 0.6 is 12.4 Å². The Hall–Kier alpha value is -1.09. The molecule has 64 valence electrons. The third-order valence-corrected chi connectivity index (χ3v) is 1.84. The highest BCUT2D eigenvalue weighted by Gasteiger charge is 2.14. The van der Waals surface area contributed by atoms with E-state index in [-0.39, 0.29) is 18.3 Å². The normalized spacial score (nSPS) is 14.2. The molecule has 0 radical (unpaired) electrons. The smallest absolute Gasteiger partial charge is 0.253 e. The minimum absolute atomic E-state index is 0. The Kier molecular flexibility index (Phi) is 2.65. The van der Waals surface area contributed by atoms with Gasteiger partial charge in [-0.05, 0) is 18.1 Å². The molecule has 0 aromatic carbocycles. The van der Waals surface area contributed by atoms with Crippen LogP contribution in [0.25, 0.3) is 0 Å². The molecule has 12 heavy (non-hydrogen) atoms. The first kappa shape index (κ1) is 9.00. The van der Waals surface area contributed by atoms with Crippen molar-refractivity contribution in [3.8, 4) is 0 Å². The van der Waals surface area contributed by atoms with Crippen molar-refractivity contribution in [1.82, 2.24) is 10.3 Å². The summed E-state index contributed by atoms with van der Waals surface area (Å²) in [7, 11) is 0. The van der Waals surface area contributed by atoms with E-state index in [1.807, 2.05) is 6.07 Å². The molecule has 4 heteroatoms. The third-order valence-electron chi connectivity index (χ3n) is 1.84. The number of pyridine rings is 1. The molecule has 0 fully saturated rings. The third kappa shape index (κ3) is 1.41. The van der Waals surface area contributed by atoms with Crippen LogP contribution in [0.15, 0.2) is 18.5 Å². The molecule has 0 spiro atoms. The Morgan fingerprint density at radius 1 is 1.50 bits per heavy atom. The summed E-state index contributed by atoms with van der Waals surface area (Å²) in [4.78, 5) is 15.0. The Morgan fingerprint density at radius 3 is 3.08 bits per heavy atom. The van der Waals surface area contributed by atoms with E-state index in [9.17, 15) is 4.79 Å². The Balaban J connectivity index is 0.000000720. The van der Waals surface area contributed by atoms with Gasteiger partial charge in [0.25, 0.3) is 5.91 Å². The molecule has 1 aromatic rings. The number of fused-ring (bicyclic) bond motifs is 1. The quantitative estimate of drug-likeness (QED) is 0.648. The van der Waals surface area contributed by atoms with Crippen molar-refractivity contribution in [3.05, 3.63) is 29.6 Å². The van der Waals surface area contributed by atoms with Crippen LogP contribution in [0.4, 0.5) is 0 Å². The van der Waals surface area contributed by atoms with Crippen LogP contribution in [0.3, 0.4) is 0 Å². The van der Waals surface area contributed by atoms with E-state index < -0.39 is 0 Å². The average molecular weight is 185 g/mol. The number of amides is 1. The van der Waals surface area contributed by atoms with Gasteiger partial charge in [-0.2, -0.15) is 0 Å². The monoisotopic (exact) mass is 184 g/mol. The van der Waals surface area contributed by atoms with Gasteiger partial charge in [0.1, 0.15) is 0 Å². The molecule has 1 aromatic heterocycles. The molecule has 1 aliphatic heterocycles. The second-order valence-electron chi connectivity index (χ2n) is 2.54. The number of rotatable bonds is 0. The minimum atomic E-state index is -0.000602. The lowest BCUT2D eigenvalue weighted by Crippen LogP contribution is -2.31. The Labute approximate surface area is 76.6 Å². The Morgan fingerprint density at radius 2 is 2.33 bits per heavy atom. The fraction of sp³-hybridized carbons (Fsp3) is 0.250. The highest BCUT2D eigenvalue weighted by molar-refractivity contribution is 5.96. The van der Waals surface area contributed by atoms with Crippen molar-refractivity contribution in [1.29, 1.82) is 0 Å². The lowest BCUT2D eigenvalue weighted by molar-refractivity contribution is 0.0945. The van der Waals surface area contributed by atoms with E-state index in [1.165, 1.54) is 0 Å². The highest BCUT2D eigenvalue weighted by atomic mass is 35.5. The number of aromatic nitrogens is 1. The maximum Gasteiger partial charge on any atom is 0.253 e. The molecular formula is C8H9ClN2O. The van der Waals surface area contributed by atoms with Gasteiger partial charge < -0.3 is 5.32 Å². The van der Waals surface area contributed by atoms with Crippen molar-refractivity contribution in [2.75, 3.05) is 6.54 Å². The molecule has 1 aliphatic rings. The van der Waals surface area contributed by atoms with Crippen LogP contribution < -0.4 is 5.32 Å². The number of hydrogen-bond donors (Lipinski definition) is 1. The number of carbonyl (C=O) groups excluding carboxylic acids is 1. The van der Waals surface area contributed by atoms with Gasteiger partial charge in [0.05, 0.1) is 5.56 Å². The predicted molar refractivity (Wildman–Crippen MR) is 47.5 cm³/mol. The van der Waals surface area contributed by atoms with Crippen molar-refractivity contribution in [2.24, 2.45) is 0 Å². The van der Waals surface area contributed by atoms with Gasteiger partial charge in [-0.1, -0.05) is 0 Å². The molecule has 0 unspecified atom stereocenters. The molecule has 2 heterocycles. The van der Waals surface area contributed by atoms with E-state index in [0.717, 1.165) is 24.1 Å². The highest BCUT2D eigenvalue weighted by Crippen LogP contribution is 2.10. The van der Waals surface area contributed by atoms with Gasteiger partial charge in [-0.3, -0.25) is 9.78 Å². The SMILES string of the molecule is Cl.O=C1NCCc2ccncc21. The summed E-state index contributed by atoms with van der Waals surface area (Å²) in [6.07, 6.45) is 4.25. The number of nitrogens with zero attached hydrogens (tertiary/aromatic N) is 1. The fourth-order valence-electron chi connectivity index (χ4n) is 1.25. The zero-order valence-electron chi connectivity index (χ0n) is 6.41. The molecule has 2 rings (SSSR count). The van der Waals surface area contributed by atoms with Crippen LogP contribution in [0.5, 0.6) is 0 Å². The van der Waals surface area contributed by atoms with E-state index in [1.54, 1.807) is 12.4 Å². The standard InChI is InChI=1S/C8H8N2O.ClH/c11-8-7-5-9-3-1-6(7)2-4-10-8;/h1,3,5H,2,4H2,(H,10,11);1H. The molecular weight excluding hydrogens is 176 g/mol. The van der Waals surface area contributed by atoms with Crippen LogP contribution in [0, 0.1) is 0 Å². The molecule has 0 aliphatic carbocycles. The maximum absolute atomic E-state index is 11.1. The summed E-state index contributed by atoms with van der Waals surface area (Å²) >= 11 is 0. The average Bonchev–Trinajstić information content (AvgIpc) is 2.06. The molecule has 0 saturated heterocycles. The van der Waals surface area contributed by atoms with Crippen LogP contribution in [0.1, 0.15) is 15.9 Å². The second-order valence-corrected chi connectivity index (χ2v) is 2.54. The summed E-state index contributed by atoms with van der Waals surface area (Å²) in [5.74, 6) is -0.000602. The molecule has 1 amide bonds. The fourth-order valence-corrected chi connectivity index (χ4v) is 1.25. The lowest BCUT2D eigenvalue weighted by Gasteiger charge is -2.14. The Bertz CT molecular complexity index is 301. The van der Waals surface area contributed by atoms with Crippen LogP contribution in [0.2, 0.25) is 0 Å². The lowest BCUT2D eigenvalue weighted by atomic mass is 10.0. The zero-order chi connectivity index (χ0) is 7.68. The van der Waals surface area contributed by atoms with Gasteiger partial charge >= 0.3 is 0 Å². The topological polar surface area (TPSA) is 42.0 Å². The van der Waals surface area contributed by atoms with Crippen LogP contribution in [-0.4, -0.2) is 17.4 Å². The first-order valence-electron chi connectivity index (χ1n) is 3.59. The van der Waals surface area contributed by atoms with Gasteiger partial charge in [-0.25, -0.2) is 0 Å². The van der Waals surface area contributed by atoms with Crippen molar-refractivity contribution in [3.63, 3.8) is 0 Å². The van der Waals surface area contributed by atoms with Gasteiger partial charge in [0.2, 0.25) is 0 Å². The van der Waals surface area contributed by atoms with Gasteiger partial charge in [0.15, 0.2) is 0 Å². The largest absolute Gasteiger partial charge is 0.352 e. The summed E-state index contributed by atoms with van der Waals surface area (Å²) in [5, 5.41) is 2.76. The van der Waals surface area contributed by atoms with E-state index >= 15 is 0 Å². The summed E-state index contributed by atoms with van der Waals surface area (Å²) < 4.78 is 0. The summed E-state index contributed by atoms with van der Waals surface area (Å²) in [5.41, 5.74) is 1.82. The van der Waals surface area contributed by atoms with E-state index in [2.05, 4.69) is 10.3 Å². The van der Waals surface area contributed by atoms with Crippen molar-refractivity contribution in [2.45, 2.75) is 6.42 Å². The predicted octanol–water partition coefficient (Wildman–Crippen LogP) is 0.789. The van der Waals surface area contributed by atoms with Crippen LogP contribution in [-0.2, 0) is 6.42 Å². The molecule has 0 saturated carbocycles. The number of carbonyl (C=O) groups is 1. The van der Waals surface area contributed by atoms with Crippen molar-refractivity contribution >= 4 is 18.3 Å². The molecule has 1 N–H and O–H groups in total. The molecule has 0 atom stereocenters.